The number of nitrogens with one attached hydrogen (secondary N) is 2. The number of nitrogen functional groups attached to an aromatic ring is 1. The van der Waals surface area contributed by atoms with Gasteiger partial charge in [0.05, 0.1) is 0 Å². The van der Waals surface area contributed by atoms with Crippen molar-refractivity contribution in [3.63, 3.8) is 0 Å². The molecule has 2 aromatic rings. The number of aromatic nitrogens is 2. The van der Waals surface area contributed by atoms with E-state index < -0.39 is 11.2 Å². The second-order valence-electron chi connectivity index (χ2n) is 5.46. The van der Waals surface area contributed by atoms with E-state index in [0.29, 0.717) is 13.1 Å². The van der Waals surface area contributed by atoms with Crippen LogP contribution in [0.25, 0.3) is 0 Å². The van der Waals surface area contributed by atoms with Crippen molar-refractivity contribution in [1.82, 2.24) is 9.55 Å². The molecule has 0 saturated heterocycles. The third-order valence-electron chi connectivity index (χ3n) is 3.20. The minimum atomic E-state index is -0.481. The van der Waals surface area contributed by atoms with Crippen molar-refractivity contribution in [2.45, 2.75) is 33.9 Å². The first-order chi connectivity index (χ1) is 9.90. The Morgan fingerprint density at radius 1 is 1.38 bits per heavy atom. The lowest BCUT2D eigenvalue weighted by Crippen LogP contribution is -2.35. The van der Waals surface area contributed by atoms with Crippen LogP contribution in [-0.4, -0.2) is 9.55 Å². The summed E-state index contributed by atoms with van der Waals surface area (Å²) in [5, 5.41) is 7.11. The Morgan fingerprint density at radius 2 is 2.10 bits per heavy atom. The smallest absolute Gasteiger partial charge is 0.330 e. The molecule has 4 N–H and O–H groups in total. The van der Waals surface area contributed by atoms with Crippen LogP contribution in [0.1, 0.15) is 25.0 Å². The minimum Gasteiger partial charge on any atom is -0.383 e. The molecule has 2 heterocycles. The molecule has 2 rings (SSSR count). The Kier molecular flexibility index (Phi) is 4.52. The molecule has 0 unspecified atom stereocenters. The summed E-state index contributed by atoms with van der Waals surface area (Å²) in [6.07, 6.45) is 0. The van der Waals surface area contributed by atoms with Gasteiger partial charge in [0.15, 0.2) is 0 Å². The van der Waals surface area contributed by atoms with Gasteiger partial charge in [-0.25, -0.2) is 4.79 Å². The van der Waals surface area contributed by atoms with Gasteiger partial charge in [-0.15, -0.1) is 0 Å². The van der Waals surface area contributed by atoms with E-state index in [2.05, 4.69) is 10.3 Å². The van der Waals surface area contributed by atoms with Crippen molar-refractivity contribution in [3.05, 3.63) is 42.7 Å². The van der Waals surface area contributed by atoms with E-state index in [0.717, 1.165) is 11.1 Å². The molecule has 2 aromatic heterocycles. The maximum absolute atomic E-state index is 11.9. The summed E-state index contributed by atoms with van der Waals surface area (Å²) >= 11 is 1.61. The standard InChI is InChI=1S/C14H20N4O2S/c1-8(2)5-18-12(15)11(13(19)17-14(18)20)16-4-10-7-21-6-9(10)3/h6-8,16H,4-5,15H2,1-3H3,(H,17,19,20). The largest absolute Gasteiger partial charge is 0.383 e. The number of anilines is 2. The second-order valence-corrected chi connectivity index (χ2v) is 6.20. The number of hydrogen-bond donors (Lipinski definition) is 3. The molecule has 21 heavy (non-hydrogen) atoms. The van der Waals surface area contributed by atoms with Crippen LogP contribution in [0.2, 0.25) is 0 Å². The van der Waals surface area contributed by atoms with Crippen LogP contribution < -0.4 is 22.3 Å². The number of aromatic amines is 1. The summed E-state index contributed by atoms with van der Waals surface area (Å²) in [5.74, 6) is 0.438. The van der Waals surface area contributed by atoms with Gasteiger partial charge in [0.2, 0.25) is 0 Å². The number of rotatable bonds is 5. The third kappa shape index (κ3) is 3.36. The highest BCUT2D eigenvalue weighted by Gasteiger charge is 2.13. The quantitative estimate of drug-likeness (QED) is 0.784. The summed E-state index contributed by atoms with van der Waals surface area (Å²) in [6, 6.07) is 0. The molecule has 0 spiro atoms. The number of nitrogens with two attached hydrogens (primary N) is 1. The van der Waals surface area contributed by atoms with Crippen molar-refractivity contribution >= 4 is 22.8 Å². The Bertz CT molecular complexity index is 742. The van der Waals surface area contributed by atoms with Gasteiger partial charge in [0, 0.05) is 13.1 Å². The van der Waals surface area contributed by atoms with E-state index in [1.807, 2.05) is 31.5 Å². The van der Waals surface area contributed by atoms with Crippen LogP contribution in [0.4, 0.5) is 11.5 Å². The zero-order valence-corrected chi connectivity index (χ0v) is 13.2. The molecule has 0 aromatic carbocycles. The molecule has 0 aliphatic carbocycles. The molecule has 0 fully saturated rings. The fraction of sp³-hybridized carbons (Fsp3) is 0.429. The summed E-state index contributed by atoms with van der Waals surface area (Å²) in [5.41, 5.74) is 7.57. The summed E-state index contributed by atoms with van der Waals surface area (Å²) < 4.78 is 1.40. The number of nitrogens with zero attached hydrogens (tertiary/aromatic N) is 1. The molecule has 0 amide bonds. The van der Waals surface area contributed by atoms with E-state index >= 15 is 0 Å². The summed E-state index contributed by atoms with van der Waals surface area (Å²) in [7, 11) is 0. The van der Waals surface area contributed by atoms with Crippen LogP contribution >= 0.6 is 11.3 Å². The number of aryl methyl sites for hydroxylation is 1. The minimum absolute atomic E-state index is 0.185. The highest BCUT2D eigenvalue weighted by Crippen LogP contribution is 2.17. The van der Waals surface area contributed by atoms with Crippen LogP contribution in [0.5, 0.6) is 0 Å². The first kappa shape index (κ1) is 15.4. The zero-order valence-electron chi connectivity index (χ0n) is 12.4. The molecule has 0 radical (unpaired) electrons. The molecule has 0 atom stereocenters. The molecule has 6 nitrogen and oxygen atoms in total. The molecule has 7 heteroatoms. The van der Waals surface area contributed by atoms with Crippen molar-refractivity contribution in [3.8, 4) is 0 Å². The van der Waals surface area contributed by atoms with E-state index in [4.69, 9.17) is 5.73 Å². The lowest BCUT2D eigenvalue weighted by atomic mass is 10.2. The number of thiophene rings is 1. The van der Waals surface area contributed by atoms with Gasteiger partial charge in [-0.05, 0) is 34.7 Å². The van der Waals surface area contributed by atoms with E-state index in [-0.39, 0.29) is 17.4 Å². The Morgan fingerprint density at radius 3 is 2.67 bits per heavy atom. The lowest BCUT2D eigenvalue weighted by molar-refractivity contribution is 0.508. The van der Waals surface area contributed by atoms with Crippen molar-refractivity contribution < 1.29 is 0 Å². The van der Waals surface area contributed by atoms with Gasteiger partial charge in [-0.2, -0.15) is 11.3 Å². The average Bonchev–Trinajstić information content (AvgIpc) is 2.80. The fourth-order valence-electron chi connectivity index (χ4n) is 2.06. The topological polar surface area (TPSA) is 92.9 Å². The molecule has 0 aliphatic heterocycles. The highest BCUT2D eigenvalue weighted by atomic mass is 32.1. The van der Waals surface area contributed by atoms with E-state index in [1.54, 1.807) is 11.3 Å². The number of hydrogen-bond acceptors (Lipinski definition) is 5. The van der Waals surface area contributed by atoms with E-state index in [9.17, 15) is 9.59 Å². The molecular formula is C14H20N4O2S. The van der Waals surface area contributed by atoms with E-state index in [1.165, 1.54) is 4.57 Å². The van der Waals surface area contributed by atoms with Crippen molar-refractivity contribution in [1.29, 1.82) is 0 Å². The normalized spacial score (nSPS) is 11.0. The van der Waals surface area contributed by atoms with Crippen molar-refractivity contribution in [2.75, 3.05) is 11.1 Å². The first-order valence-corrected chi connectivity index (χ1v) is 7.72. The molecule has 0 bridgehead atoms. The summed E-state index contributed by atoms with van der Waals surface area (Å²) in [6.45, 7) is 6.95. The molecular weight excluding hydrogens is 288 g/mol. The third-order valence-corrected chi connectivity index (χ3v) is 4.11. The van der Waals surface area contributed by atoms with Crippen molar-refractivity contribution in [2.24, 2.45) is 5.92 Å². The van der Waals surface area contributed by atoms with Gasteiger partial charge in [-0.3, -0.25) is 14.3 Å². The summed E-state index contributed by atoms with van der Waals surface area (Å²) in [4.78, 5) is 26.1. The maximum atomic E-state index is 11.9. The zero-order chi connectivity index (χ0) is 15.6. The Labute approximate surface area is 126 Å². The predicted molar refractivity (Wildman–Crippen MR) is 87.0 cm³/mol. The first-order valence-electron chi connectivity index (χ1n) is 6.78. The molecule has 114 valence electrons. The molecule has 0 saturated carbocycles. The number of H-pyrrole nitrogens is 1. The fourth-order valence-corrected chi connectivity index (χ4v) is 2.91. The van der Waals surface area contributed by atoms with Gasteiger partial charge < -0.3 is 11.1 Å². The molecule has 0 aliphatic rings. The maximum Gasteiger partial charge on any atom is 0.330 e. The van der Waals surface area contributed by atoms with Gasteiger partial charge in [0.1, 0.15) is 11.5 Å². The average molecular weight is 308 g/mol. The van der Waals surface area contributed by atoms with Crippen LogP contribution in [-0.2, 0) is 13.1 Å². The Hall–Kier alpha value is -2.02. The van der Waals surface area contributed by atoms with Crippen LogP contribution in [0.3, 0.4) is 0 Å². The second kappa shape index (κ2) is 6.17. The predicted octanol–water partition coefficient (Wildman–Crippen LogP) is 1.76. The van der Waals surface area contributed by atoms with Gasteiger partial charge >= 0.3 is 5.69 Å². The monoisotopic (exact) mass is 308 g/mol. The lowest BCUT2D eigenvalue weighted by Gasteiger charge is -2.15. The van der Waals surface area contributed by atoms with Gasteiger partial charge in [-0.1, -0.05) is 13.8 Å². The Balaban J connectivity index is 2.33. The SMILES string of the molecule is Cc1cscc1CNc1c(N)n(CC(C)C)c(=O)[nH]c1=O. The van der Waals surface area contributed by atoms with Gasteiger partial charge in [0.25, 0.3) is 5.56 Å². The van der Waals surface area contributed by atoms with Crippen LogP contribution in [0, 0.1) is 12.8 Å². The van der Waals surface area contributed by atoms with Crippen LogP contribution in [0.15, 0.2) is 20.3 Å². The highest BCUT2D eigenvalue weighted by molar-refractivity contribution is 7.08.